The van der Waals surface area contributed by atoms with E-state index in [9.17, 15) is 20.1 Å². The second kappa shape index (κ2) is 10.4. The summed E-state index contributed by atoms with van der Waals surface area (Å²) >= 11 is 0. The Morgan fingerprint density at radius 1 is 1.23 bits per heavy atom. The summed E-state index contributed by atoms with van der Waals surface area (Å²) in [5.41, 5.74) is 0.275. The van der Waals surface area contributed by atoms with Crippen LogP contribution in [0.5, 0.6) is 11.5 Å². The summed E-state index contributed by atoms with van der Waals surface area (Å²) in [6.45, 7) is 5.16. The number of rotatable bonds is 8. The molecule has 2 unspecified atom stereocenters. The lowest BCUT2D eigenvalue weighted by Gasteiger charge is -2.34. The highest BCUT2D eigenvalue weighted by molar-refractivity contribution is 5.81. The normalized spacial score (nSPS) is 26.0. The first kappa shape index (κ1) is 25.2. The molecule has 2 aliphatic rings. The fourth-order valence-corrected chi connectivity index (χ4v) is 5.14. The SMILES string of the molecule is COc1ccc([C@@H]2CN(C(=O)C(O)CO)C[C@@]2(C)[C@@H](C)O)cc1OC1CCN(c2ccccn2)C1. The van der Waals surface area contributed by atoms with E-state index in [1.54, 1.807) is 20.2 Å². The summed E-state index contributed by atoms with van der Waals surface area (Å²) in [5, 5.41) is 29.8. The van der Waals surface area contributed by atoms with Crippen LogP contribution in [0.2, 0.25) is 0 Å². The van der Waals surface area contributed by atoms with Crippen LogP contribution in [-0.2, 0) is 4.79 Å². The Bertz CT molecular complexity index is 1020. The molecule has 190 valence electrons. The van der Waals surface area contributed by atoms with E-state index in [-0.39, 0.29) is 18.6 Å². The van der Waals surface area contributed by atoms with Crippen molar-refractivity contribution in [1.29, 1.82) is 0 Å². The minimum absolute atomic E-state index is 0.0364. The maximum atomic E-state index is 12.6. The Morgan fingerprint density at radius 2 is 2.03 bits per heavy atom. The van der Waals surface area contributed by atoms with Crippen LogP contribution >= 0.6 is 0 Å². The van der Waals surface area contributed by atoms with E-state index in [2.05, 4.69) is 9.88 Å². The van der Waals surface area contributed by atoms with Crippen LogP contribution in [0.3, 0.4) is 0 Å². The summed E-state index contributed by atoms with van der Waals surface area (Å²) in [7, 11) is 1.60. The number of aliphatic hydroxyl groups excluding tert-OH is 3. The lowest BCUT2D eigenvalue weighted by Crippen LogP contribution is -2.42. The van der Waals surface area contributed by atoms with Gasteiger partial charge in [0.15, 0.2) is 17.6 Å². The molecular weight excluding hydrogens is 450 g/mol. The van der Waals surface area contributed by atoms with Gasteiger partial charge in [0.05, 0.1) is 26.4 Å². The van der Waals surface area contributed by atoms with E-state index in [1.165, 1.54) is 4.90 Å². The van der Waals surface area contributed by atoms with Crippen molar-refractivity contribution in [3.05, 3.63) is 48.2 Å². The van der Waals surface area contributed by atoms with Crippen LogP contribution in [0.25, 0.3) is 0 Å². The van der Waals surface area contributed by atoms with E-state index in [0.717, 1.165) is 24.3 Å². The molecule has 2 saturated heterocycles. The predicted octanol–water partition coefficient (Wildman–Crippen LogP) is 1.41. The Morgan fingerprint density at radius 3 is 2.69 bits per heavy atom. The highest BCUT2D eigenvalue weighted by atomic mass is 16.5. The number of anilines is 1. The van der Waals surface area contributed by atoms with Gasteiger partial charge in [0.25, 0.3) is 5.91 Å². The van der Waals surface area contributed by atoms with Gasteiger partial charge in [0.1, 0.15) is 11.9 Å². The number of nitrogens with zero attached hydrogens (tertiary/aromatic N) is 3. The van der Waals surface area contributed by atoms with E-state index in [1.807, 2.05) is 43.3 Å². The maximum Gasteiger partial charge on any atom is 0.253 e. The number of amides is 1. The van der Waals surface area contributed by atoms with Crippen molar-refractivity contribution in [3.63, 3.8) is 0 Å². The van der Waals surface area contributed by atoms with Gasteiger partial charge >= 0.3 is 0 Å². The molecular formula is C26H35N3O6. The quantitative estimate of drug-likeness (QED) is 0.514. The number of hydrogen-bond acceptors (Lipinski definition) is 8. The van der Waals surface area contributed by atoms with Crippen LogP contribution in [0.1, 0.15) is 31.7 Å². The molecule has 0 aliphatic carbocycles. The Kier molecular flexibility index (Phi) is 7.49. The van der Waals surface area contributed by atoms with Gasteiger partial charge in [0.2, 0.25) is 0 Å². The number of benzene rings is 1. The number of hydrogen-bond donors (Lipinski definition) is 3. The third-order valence-corrected chi connectivity index (χ3v) is 7.46. The largest absolute Gasteiger partial charge is 0.493 e. The van der Waals surface area contributed by atoms with Crippen molar-refractivity contribution in [2.45, 2.75) is 44.5 Å². The number of methoxy groups -OCH3 is 1. The molecule has 0 spiro atoms. The third kappa shape index (κ3) is 5.07. The molecule has 0 bridgehead atoms. The average Bonchev–Trinajstić information content (AvgIpc) is 3.49. The van der Waals surface area contributed by atoms with Crippen molar-refractivity contribution in [2.24, 2.45) is 5.41 Å². The molecule has 35 heavy (non-hydrogen) atoms. The minimum atomic E-state index is -1.47. The molecule has 0 saturated carbocycles. The summed E-state index contributed by atoms with van der Waals surface area (Å²) in [6, 6.07) is 11.6. The lowest BCUT2D eigenvalue weighted by molar-refractivity contribution is -0.141. The summed E-state index contributed by atoms with van der Waals surface area (Å²) in [4.78, 5) is 20.7. The Labute approximate surface area is 205 Å². The topological polar surface area (TPSA) is 116 Å². The highest BCUT2D eigenvalue weighted by Crippen LogP contribution is 2.47. The molecule has 3 N–H and O–H groups in total. The average molecular weight is 486 g/mol. The van der Waals surface area contributed by atoms with Crippen molar-refractivity contribution < 1.29 is 29.6 Å². The maximum absolute atomic E-state index is 12.6. The molecule has 2 aromatic rings. The molecule has 2 fully saturated rings. The number of aromatic nitrogens is 1. The zero-order valence-corrected chi connectivity index (χ0v) is 20.5. The molecule has 1 aromatic carbocycles. The Balaban J connectivity index is 1.56. The highest BCUT2D eigenvalue weighted by Gasteiger charge is 2.49. The second-order valence-corrected chi connectivity index (χ2v) is 9.72. The summed E-state index contributed by atoms with van der Waals surface area (Å²) in [6.07, 6.45) is 0.423. The van der Waals surface area contributed by atoms with Crippen LogP contribution in [0, 0.1) is 5.41 Å². The predicted molar refractivity (Wildman–Crippen MR) is 131 cm³/mol. The molecule has 1 aromatic heterocycles. The molecule has 1 amide bonds. The molecule has 9 nitrogen and oxygen atoms in total. The number of ether oxygens (including phenoxy) is 2. The van der Waals surface area contributed by atoms with Crippen LogP contribution in [0.15, 0.2) is 42.6 Å². The van der Waals surface area contributed by atoms with Crippen molar-refractivity contribution in [3.8, 4) is 11.5 Å². The van der Waals surface area contributed by atoms with E-state index in [4.69, 9.17) is 9.47 Å². The lowest BCUT2D eigenvalue weighted by atomic mass is 9.72. The minimum Gasteiger partial charge on any atom is -0.493 e. The number of carbonyl (C=O) groups excluding carboxylic acids is 1. The monoisotopic (exact) mass is 485 g/mol. The molecule has 5 atom stereocenters. The molecule has 9 heteroatoms. The molecule has 2 aliphatic heterocycles. The van der Waals surface area contributed by atoms with Crippen LogP contribution < -0.4 is 14.4 Å². The number of aliphatic hydroxyl groups is 3. The smallest absolute Gasteiger partial charge is 0.253 e. The van der Waals surface area contributed by atoms with E-state index < -0.39 is 30.1 Å². The van der Waals surface area contributed by atoms with E-state index in [0.29, 0.717) is 24.6 Å². The van der Waals surface area contributed by atoms with Crippen molar-refractivity contribution in [2.75, 3.05) is 44.8 Å². The number of pyridine rings is 1. The number of likely N-dealkylation sites (tertiary alicyclic amines) is 1. The fraction of sp³-hybridized carbons (Fsp3) is 0.538. The van der Waals surface area contributed by atoms with Gasteiger partial charge in [-0.15, -0.1) is 0 Å². The van der Waals surface area contributed by atoms with Gasteiger partial charge in [-0.2, -0.15) is 0 Å². The van der Waals surface area contributed by atoms with Crippen LogP contribution in [0.4, 0.5) is 5.82 Å². The van der Waals surface area contributed by atoms with E-state index >= 15 is 0 Å². The van der Waals surface area contributed by atoms with Crippen LogP contribution in [-0.4, -0.2) is 89.3 Å². The first-order chi connectivity index (χ1) is 16.8. The summed E-state index contributed by atoms with van der Waals surface area (Å²) < 4.78 is 12.0. The fourth-order valence-electron chi connectivity index (χ4n) is 5.14. The van der Waals surface area contributed by atoms with Gasteiger partial charge in [-0.3, -0.25) is 4.79 Å². The first-order valence-electron chi connectivity index (χ1n) is 12.0. The van der Waals surface area contributed by atoms with Gasteiger partial charge in [-0.05, 0) is 36.8 Å². The zero-order valence-electron chi connectivity index (χ0n) is 20.5. The Hall–Kier alpha value is -2.88. The molecule has 0 radical (unpaired) electrons. The molecule has 3 heterocycles. The zero-order chi connectivity index (χ0) is 25.2. The summed E-state index contributed by atoms with van der Waals surface area (Å²) in [5.74, 6) is 1.43. The van der Waals surface area contributed by atoms with Gasteiger partial charge in [-0.25, -0.2) is 4.98 Å². The molecule has 4 rings (SSSR count). The second-order valence-electron chi connectivity index (χ2n) is 9.72. The number of carbonyl (C=O) groups is 1. The van der Waals surface area contributed by atoms with Gasteiger partial charge in [-0.1, -0.05) is 19.1 Å². The van der Waals surface area contributed by atoms with Crippen molar-refractivity contribution >= 4 is 11.7 Å². The van der Waals surface area contributed by atoms with Gasteiger partial charge in [0, 0.05) is 43.6 Å². The van der Waals surface area contributed by atoms with Gasteiger partial charge < -0.3 is 34.6 Å². The first-order valence-corrected chi connectivity index (χ1v) is 12.0. The third-order valence-electron chi connectivity index (χ3n) is 7.46. The standard InChI is InChI=1S/C26H35N3O6/c1-17(31)26(2)16-29(25(33)21(32)15-30)14-20(26)18-7-8-22(34-3)23(12-18)35-19-9-11-28(13-19)24-6-4-5-10-27-24/h4-8,10,12,17,19-21,30-32H,9,11,13-16H2,1-3H3/t17-,19?,20+,21?,26+/m1/s1. The van der Waals surface area contributed by atoms with Crippen molar-refractivity contribution in [1.82, 2.24) is 9.88 Å².